The van der Waals surface area contributed by atoms with Gasteiger partial charge in [0, 0.05) is 19.1 Å². The summed E-state index contributed by atoms with van der Waals surface area (Å²) in [5.74, 6) is 0.0547. The van der Waals surface area contributed by atoms with Crippen molar-refractivity contribution in [3.63, 3.8) is 0 Å². The van der Waals surface area contributed by atoms with Crippen molar-refractivity contribution in [1.29, 1.82) is 0 Å². The van der Waals surface area contributed by atoms with Crippen LogP contribution in [0, 0.1) is 5.92 Å². The minimum absolute atomic E-state index is 0.0168. The zero-order valence-corrected chi connectivity index (χ0v) is 14.4. The fourth-order valence-electron chi connectivity index (χ4n) is 4.79. The first kappa shape index (κ1) is 16.1. The van der Waals surface area contributed by atoms with E-state index in [2.05, 4.69) is 10.2 Å². The summed E-state index contributed by atoms with van der Waals surface area (Å²) < 4.78 is 5.53. The monoisotopic (exact) mass is 328 g/mol. The lowest BCUT2D eigenvalue weighted by Gasteiger charge is -2.47. The van der Waals surface area contributed by atoms with Gasteiger partial charge >= 0.3 is 5.97 Å². The lowest BCUT2D eigenvalue weighted by Crippen LogP contribution is -2.60. The Bertz CT molecular complexity index is 564. The van der Waals surface area contributed by atoms with Crippen molar-refractivity contribution in [1.82, 2.24) is 10.2 Å². The van der Waals surface area contributed by atoms with Gasteiger partial charge in [-0.1, -0.05) is 30.3 Å². The largest absolute Gasteiger partial charge is 0.461 e. The highest BCUT2D eigenvalue weighted by Gasteiger charge is 2.46. The van der Waals surface area contributed by atoms with Crippen LogP contribution in [0.4, 0.5) is 0 Å². The quantitative estimate of drug-likeness (QED) is 0.863. The Morgan fingerprint density at radius 2 is 1.92 bits per heavy atom. The number of carbonyl (C=O) groups excluding carboxylic acids is 1. The fraction of sp³-hybridized carbons (Fsp3) is 0.650. The lowest BCUT2D eigenvalue weighted by atomic mass is 9.91. The van der Waals surface area contributed by atoms with E-state index in [9.17, 15) is 4.79 Å². The van der Waals surface area contributed by atoms with Gasteiger partial charge in [0.25, 0.3) is 0 Å². The molecule has 0 aromatic heterocycles. The van der Waals surface area contributed by atoms with Gasteiger partial charge in [0.15, 0.2) is 0 Å². The minimum atomic E-state index is -0.0168. The highest BCUT2D eigenvalue weighted by Crippen LogP contribution is 2.39. The Hall–Kier alpha value is -1.39. The summed E-state index contributed by atoms with van der Waals surface area (Å²) in [7, 11) is 0. The highest BCUT2D eigenvalue weighted by atomic mass is 16.5. The van der Waals surface area contributed by atoms with Gasteiger partial charge in [-0.05, 0) is 50.5 Å². The average molecular weight is 328 g/mol. The van der Waals surface area contributed by atoms with Crippen LogP contribution < -0.4 is 5.32 Å². The standard InChI is InChI=1S/C20H28N2O2/c23-19(24-15-16-5-2-1-3-6-16)17-9-13-22(14-10-17)20-11-4-7-18(21-20)8-12-20/h1-3,5-6,17-18,21H,4,7-15H2/t18-,20+/m0/s1. The van der Waals surface area contributed by atoms with Gasteiger partial charge in [-0.15, -0.1) is 0 Å². The third-order valence-electron chi connectivity index (χ3n) is 6.18. The first-order valence-corrected chi connectivity index (χ1v) is 9.48. The van der Waals surface area contributed by atoms with Crippen molar-refractivity contribution in [3.05, 3.63) is 35.9 Å². The van der Waals surface area contributed by atoms with Gasteiger partial charge in [0.05, 0.1) is 11.6 Å². The van der Waals surface area contributed by atoms with E-state index in [1.54, 1.807) is 0 Å². The second-order valence-electron chi connectivity index (χ2n) is 7.66. The molecule has 1 aromatic carbocycles. The van der Waals surface area contributed by atoms with Crippen molar-refractivity contribution in [3.8, 4) is 0 Å². The summed E-state index contributed by atoms with van der Waals surface area (Å²) in [5, 5.41) is 3.87. The Balaban J connectivity index is 1.27. The van der Waals surface area contributed by atoms with Crippen LogP contribution in [0.2, 0.25) is 0 Å². The Morgan fingerprint density at radius 1 is 1.12 bits per heavy atom. The number of hydrogen-bond acceptors (Lipinski definition) is 4. The molecule has 4 rings (SSSR count). The van der Waals surface area contributed by atoms with Crippen molar-refractivity contribution in [2.45, 2.75) is 63.3 Å². The average Bonchev–Trinajstić information content (AvgIpc) is 2.95. The van der Waals surface area contributed by atoms with Crippen LogP contribution in [0.1, 0.15) is 50.5 Å². The maximum Gasteiger partial charge on any atom is 0.309 e. The van der Waals surface area contributed by atoms with Gasteiger partial charge < -0.3 is 4.74 Å². The number of rotatable bonds is 4. The molecule has 2 bridgehead atoms. The van der Waals surface area contributed by atoms with Gasteiger partial charge in [0.1, 0.15) is 6.61 Å². The molecule has 3 heterocycles. The maximum absolute atomic E-state index is 12.4. The van der Waals surface area contributed by atoms with E-state index in [4.69, 9.17) is 4.74 Å². The molecular formula is C20H28N2O2. The van der Waals surface area contributed by atoms with Crippen LogP contribution in [-0.4, -0.2) is 35.7 Å². The molecule has 3 fully saturated rings. The van der Waals surface area contributed by atoms with Gasteiger partial charge in [0.2, 0.25) is 0 Å². The molecule has 0 unspecified atom stereocenters. The van der Waals surface area contributed by atoms with Crippen molar-refractivity contribution < 1.29 is 9.53 Å². The number of hydrogen-bond donors (Lipinski definition) is 1. The third-order valence-corrected chi connectivity index (χ3v) is 6.18. The first-order chi connectivity index (χ1) is 11.8. The first-order valence-electron chi connectivity index (χ1n) is 9.48. The van der Waals surface area contributed by atoms with E-state index >= 15 is 0 Å². The van der Waals surface area contributed by atoms with Crippen LogP contribution >= 0.6 is 0 Å². The van der Waals surface area contributed by atoms with Gasteiger partial charge in [-0.25, -0.2) is 0 Å². The molecule has 0 spiro atoms. The normalized spacial score (nSPS) is 31.1. The second kappa shape index (κ2) is 6.85. The molecule has 2 atom stereocenters. The molecule has 24 heavy (non-hydrogen) atoms. The highest BCUT2D eigenvalue weighted by molar-refractivity contribution is 5.72. The molecule has 0 radical (unpaired) electrons. The van der Waals surface area contributed by atoms with Crippen LogP contribution in [0.3, 0.4) is 0 Å². The Morgan fingerprint density at radius 3 is 2.71 bits per heavy atom. The summed E-state index contributed by atoms with van der Waals surface area (Å²) in [4.78, 5) is 15.0. The number of likely N-dealkylation sites (tertiary alicyclic amines) is 1. The summed E-state index contributed by atoms with van der Waals surface area (Å²) in [6.45, 7) is 2.43. The van der Waals surface area contributed by atoms with Crippen molar-refractivity contribution in [2.75, 3.05) is 13.1 Å². The van der Waals surface area contributed by atoms with Crippen LogP contribution in [0.25, 0.3) is 0 Å². The van der Waals surface area contributed by atoms with Crippen molar-refractivity contribution in [2.24, 2.45) is 5.92 Å². The molecule has 1 N–H and O–H groups in total. The molecule has 0 saturated carbocycles. The second-order valence-corrected chi connectivity index (χ2v) is 7.66. The number of piperidine rings is 2. The number of nitrogens with one attached hydrogen (secondary N) is 1. The van der Waals surface area contributed by atoms with E-state index in [-0.39, 0.29) is 17.6 Å². The van der Waals surface area contributed by atoms with Gasteiger partial charge in [-0.3, -0.25) is 15.0 Å². The zero-order valence-electron chi connectivity index (χ0n) is 14.4. The molecule has 4 nitrogen and oxygen atoms in total. The number of ether oxygens (including phenoxy) is 1. The summed E-state index contributed by atoms with van der Waals surface area (Å²) in [6.07, 6.45) is 8.41. The van der Waals surface area contributed by atoms with E-state index in [0.717, 1.165) is 37.5 Å². The number of benzene rings is 1. The van der Waals surface area contributed by atoms with Crippen LogP contribution in [0.15, 0.2) is 30.3 Å². The third kappa shape index (κ3) is 3.22. The molecule has 0 aliphatic carbocycles. The zero-order chi connectivity index (χ0) is 16.4. The van der Waals surface area contributed by atoms with Crippen molar-refractivity contribution >= 4 is 5.97 Å². The Labute approximate surface area is 144 Å². The Kier molecular flexibility index (Phi) is 4.59. The minimum Gasteiger partial charge on any atom is -0.461 e. The van der Waals surface area contributed by atoms with E-state index in [1.807, 2.05) is 30.3 Å². The molecule has 0 amide bonds. The topological polar surface area (TPSA) is 41.6 Å². The molecular weight excluding hydrogens is 300 g/mol. The smallest absolute Gasteiger partial charge is 0.309 e. The predicted molar refractivity (Wildman–Crippen MR) is 93.3 cm³/mol. The number of nitrogens with zero attached hydrogens (tertiary/aromatic N) is 1. The predicted octanol–water partition coefficient (Wildman–Crippen LogP) is 3.07. The molecule has 4 heteroatoms. The van der Waals surface area contributed by atoms with Crippen LogP contribution in [0.5, 0.6) is 0 Å². The lowest BCUT2D eigenvalue weighted by molar-refractivity contribution is -0.152. The fourth-order valence-corrected chi connectivity index (χ4v) is 4.79. The molecule has 3 saturated heterocycles. The van der Waals surface area contributed by atoms with E-state index < -0.39 is 0 Å². The maximum atomic E-state index is 12.4. The molecule has 3 aliphatic heterocycles. The number of fused-ring (bicyclic) bond motifs is 2. The molecule has 1 aromatic rings. The van der Waals surface area contributed by atoms with Crippen LogP contribution in [-0.2, 0) is 16.1 Å². The number of esters is 1. The van der Waals surface area contributed by atoms with E-state index in [0.29, 0.717) is 6.61 Å². The number of carbonyl (C=O) groups is 1. The summed E-state index contributed by atoms with van der Waals surface area (Å²) in [6, 6.07) is 10.7. The van der Waals surface area contributed by atoms with E-state index in [1.165, 1.54) is 32.1 Å². The SMILES string of the molecule is O=C(OCc1ccccc1)C1CCN([C@]23CCC[C@@H](CC2)N3)CC1. The molecule has 3 aliphatic rings. The molecule has 130 valence electrons. The summed E-state index contributed by atoms with van der Waals surface area (Å²) >= 11 is 0. The summed E-state index contributed by atoms with van der Waals surface area (Å²) in [5.41, 5.74) is 1.30. The van der Waals surface area contributed by atoms with Gasteiger partial charge in [-0.2, -0.15) is 0 Å².